The fourth-order valence-electron chi connectivity index (χ4n) is 1.49. The van der Waals surface area contributed by atoms with Crippen molar-refractivity contribution >= 4 is 17.6 Å². The van der Waals surface area contributed by atoms with Crippen molar-refractivity contribution in [3.05, 3.63) is 58.9 Å². The molecule has 0 aliphatic carbocycles. The van der Waals surface area contributed by atoms with Crippen LogP contribution in [0.5, 0.6) is 0 Å². The van der Waals surface area contributed by atoms with Crippen molar-refractivity contribution in [2.24, 2.45) is 0 Å². The molecule has 92 valence electrons. The van der Waals surface area contributed by atoms with Gasteiger partial charge in [-0.15, -0.1) is 0 Å². The maximum Gasteiger partial charge on any atom is 0.397 e. The summed E-state index contributed by atoms with van der Waals surface area (Å²) in [6.45, 7) is 0. The zero-order chi connectivity index (χ0) is 12.8. The van der Waals surface area contributed by atoms with Crippen LogP contribution in [0.4, 0.5) is 0 Å². The van der Waals surface area contributed by atoms with Crippen LogP contribution < -0.4 is 0 Å². The molecule has 0 atom stereocenters. The zero-order valence-electron chi connectivity index (χ0n) is 9.87. The first kappa shape index (κ1) is 12.4. The summed E-state index contributed by atoms with van der Waals surface area (Å²) in [7, 11) is 1.37. The summed E-state index contributed by atoms with van der Waals surface area (Å²) < 4.78 is 9.72. The second-order valence-electron chi connectivity index (χ2n) is 3.51. The van der Waals surface area contributed by atoms with E-state index in [0.29, 0.717) is 0 Å². The largest absolute Gasteiger partial charge is 0.475 e. The molecule has 0 saturated carbocycles. The highest BCUT2D eigenvalue weighted by Gasteiger charge is 2.07. The van der Waals surface area contributed by atoms with Gasteiger partial charge in [-0.1, -0.05) is 18.2 Å². The Morgan fingerprint density at radius 1 is 1.33 bits per heavy atom. The highest BCUT2D eigenvalue weighted by atomic mass is 32.1. The maximum atomic E-state index is 9.08. The lowest BCUT2D eigenvalue weighted by molar-refractivity contribution is -0.177. The Balaban J connectivity index is 2.29. The number of aldehydes is 1. The van der Waals surface area contributed by atoms with E-state index in [9.17, 15) is 0 Å². The average molecular weight is 261 g/mol. The van der Waals surface area contributed by atoms with Crippen molar-refractivity contribution in [2.45, 2.75) is 0 Å². The first-order valence-electron chi connectivity index (χ1n) is 5.34. The van der Waals surface area contributed by atoms with Crippen LogP contribution >= 0.6 is 11.3 Å². The van der Waals surface area contributed by atoms with Gasteiger partial charge in [0.05, 0.1) is 12.7 Å². The van der Waals surface area contributed by atoms with E-state index >= 15 is 0 Å². The molecule has 0 unspecified atom stereocenters. The first-order chi connectivity index (χ1) is 8.81. The van der Waals surface area contributed by atoms with Gasteiger partial charge in [0.2, 0.25) is 0 Å². The molecule has 1 N–H and O–H groups in total. The number of hydrogen-bond donors (Lipinski definition) is 1. The smallest absolute Gasteiger partial charge is 0.397 e. The average Bonchev–Trinajstić information content (AvgIpc) is 2.93. The fourth-order valence-corrected chi connectivity index (χ4v) is 2.15. The molecule has 1 heterocycles. The van der Waals surface area contributed by atoms with Gasteiger partial charge in [-0.25, -0.2) is 4.42 Å². The molecule has 1 aromatic carbocycles. The lowest BCUT2D eigenvalue weighted by Gasteiger charge is -1.98. The number of ether oxygens (including phenoxy) is 1. The van der Waals surface area contributed by atoms with Crippen LogP contribution in [0.15, 0.2) is 53.3 Å². The number of methoxy groups -OCH3 is 1. The molecule has 0 aliphatic rings. The molecular weight excluding hydrogens is 248 g/mol. The normalized spacial score (nSPS) is 11.9. The van der Waals surface area contributed by atoms with Crippen molar-refractivity contribution in [3.63, 3.8) is 0 Å². The van der Waals surface area contributed by atoms with E-state index in [1.165, 1.54) is 7.11 Å². The lowest BCUT2D eigenvalue weighted by atomic mass is 10.0. The van der Waals surface area contributed by atoms with Gasteiger partial charge in [-0.05, 0) is 34.0 Å². The quantitative estimate of drug-likeness (QED) is 0.517. The predicted molar refractivity (Wildman–Crippen MR) is 72.9 cm³/mol. The molecule has 0 saturated heterocycles. The molecule has 1 aromatic heterocycles. The minimum Gasteiger partial charge on any atom is -0.475 e. The second-order valence-corrected chi connectivity index (χ2v) is 4.29. The molecule has 0 spiro atoms. The molecule has 0 fully saturated rings. The Hall–Kier alpha value is -2.07. The Bertz CT molecular complexity index is 556. The van der Waals surface area contributed by atoms with Gasteiger partial charge in [0.25, 0.3) is 0 Å². The van der Waals surface area contributed by atoms with E-state index in [0.717, 1.165) is 23.0 Å². The van der Waals surface area contributed by atoms with Gasteiger partial charge in [0.1, 0.15) is 0 Å². The molecule has 0 bridgehead atoms. The Kier molecular flexibility index (Phi) is 4.15. The molecule has 0 aliphatic heterocycles. The highest BCUT2D eigenvalue weighted by Crippen LogP contribution is 2.24. The summed E-state index contributed by atoms with van der Waals surface area (Å²) in [5.41, 5.74) is 3.18. The minimum atomic E-state index is -0.265. The molecule has 0 radical (unpaired) electrons. The van der Waals surface area contributed by atoms with E-state index in [1.807, 2.05) is 29.6 Å². The zero-order valence-corrected chi connectivity index (χ0v) is 10.7. The molecule has 3 nitrogen and oxygen atoms in total. The standard InChI is InChI=1S/C14H12O3S/c1-16-14(15)9-17-8-11-4-2-3-5-13(11)12-6-7-18-10-12/h2-10H,1H3/p+1/b14-9-. The van der Waals surface area contributed by atoms with Crippen LogP contribution in [0.1, 0.15) is 9.99 Å². The summed E-state index contributed by atoms with van der Waals surface area (Å²) in [6.07, 6.45) is 2.71. The van der Waals surface area contributed by atoms with Crippen molar-refractivity contribution < 1.29 is 14.3 Å². The number of hydrogen-bond acceptors (Lipinski definition) is 3. The van der Waals surface area contributed by atoms with Crippen molar-refractivity contribution in [3.8, 4) is 11.1 Å². The SMILES string of the molecule is CO/C(O)=C\[O+]=Cc1ccccc1-c1ccsc1. The summed E-state index contributed by atoms with van der Waals surface area (Å²) >= 11 is 1.65. The molecular formula is C14H13O3S+. The van der Waals surface area contributed by atoms with Gasteiger partial charge in [0, 0.05) is 0 Å². The number of aliphatic hydroxyl groups is 1. The second kappa shape index (κ2) is 6.02. The maximum absolute atomic E-state index is 9.08. The number of thiophene rings is 1. The lowest BCUT2D eigenvalue weighted by Crippen LogP contribution is -1.87. The van der Waals surface area contributed by atoms with Gasteiger partial charge in [-0.3, -0.25) is 0 Å². The molecule has 2 aromatic rings. The van der Waals surface area contributed by atoms with Crippen LogP contribution in [0.25, 0.3) is 11.1 Å². The van der Waals surface area contributed by atoms with Crippen molar-refractivity contribution in [1.82, 2.24) is 0 Å². The molecule has 0 amide bonds. The van der Waals surface area contributed by atoms with Gasteiger partial charge >= 0.3 is 18.5 Å². The minimum absolute atomic E-state index is 0.265. The first-order valence-corrected chi connectivity index (χ1v) is 6.29. The van der Waals surface area contributed by atoms with E-state index < -0.39 is 0 Å². The fraction of sp³-hybridized carbons (Fsp3) is 0.0714. The Morgan fingerprint density at radius 2 is 2.17 bits per heavy atom. The van der Waals surface area contributed by atoms with Crippen LogP contribution in [0, 0.1) is 0 Å². The molecule has 4 heteroatoms. The van der Waals surface area contributed by atoms with Gasteiger partial charge in [0.15, 0.2) is 0 Å². The highest BCUT2D eigenvalue weighted by molar-refractivity contribution is 7.08. The molecule has 2 rings (SSSR count). The van der Waals surface area contributed by atoms with Crippen LogP contribution in [0.3, 0.4) is 0 Å². The van der Waals surface area contributed by atoms with Gasteiger partial charge in [-0.2, -0.15) is 11.3 Å². The summed E-state index contributed by atoms with van der Waals surface area (Å²) in [5.74, 6) is -0.265. The van der Waals surface area contributed by atoms with Crippen molar-refractivity contribution in [1.29, 1.82) is 0 Å². The number of rotatable bonds is 4. The Labute approximate surface area is 109 Å². The number of benzene rings is 1. The van der Waals surface area contributed by atoms with Crippen LogP contribution in [-0.4, -0.2) is 18.5 Å². The van der Waals surface area contributed by atoms with E-state index in [-0.39, 0.29) is 5.95 Å². The topological polar surface area (TPSA) is 40.8 Å². The Morgan fingerprint density at radius 3 is 2.89 bits per heavy atom. The van der Waals surface area contributed by atoms with Gasteiger partial charge < -0.3 is 9.84 Å². The van der Waals surface area contributed by atoms with Crippen LogP contribution in [-0.2, 0) is 4.74 Å². The van der Waals surface area contributed by atoms with Crippen LogP contribution in [0.2, 0.25) is 0 Å². The summed E-state index contributed by atoms with van der Waals surface area (Å²) in [6, 6.07) is 9.94. The number of aliphatic hydroxyl groups excluding tert-OH is 1. The van der Waals surface area contributed by atoms with E-state index in [2.05, 4.69) is 16.2 Å². The molecule has 18 heavy (non-hydrogen) atoms. The monoisotopic (exact) mass is 261 g/mol. The predicted octanol–water partition coefficient (Wildman–Crippen LogP) is 3.77. The third-order valence-corrected chi connectivity index (χ3v) is 3.05. The third kappa shape index (κ3) is 2.99. The third-order valence-electron chi connectivity index (χ3n) is 2.37. The summed E-state index contributed by atoms with van der Waals surface area (Å²) in [4.78, 5) is 0. The van der Waals surface area contributed by atoms with Crippen molar-refractivity contribution in [2.75, 3.05) is 7.11 Å². The van der Waals surface area contributed by atoms with E-state index in [4.69, 9.17) is 9.53 Å². The number of carbonyl (C=O) groups excluding carboxylic acids is 1. The van der Waals surface area contributed by atoms with E-state index in [1.54, 1.807) is 17.6 Å². The summed E-state index contributed by atoms with van der Waals surface area (Å²) in [5, 5.41) is 13.2.